The van der Waals surface area contributed by atoms with Gasteiger partial charge in [-0.05, 0) is 0 Å². The molecule has 0 aromatic heterocycles. The van der Waals surface area contributed by atoms with Gasteiger partial charge in [0.1, 0.15) is 0 Å². The Labute approximate surface area is 57.7 Å². The zero-order chi connectivity index (χ0) is 5.58. The summed E-state index contributed by atoms with van der Waals surface area (Å²) in [4.78, 5) is 8.25. The Morgan fingerprint density at radius 1 is 1.29 bits per heavy atom. The molecule has 0 heterocycles. The maximum absolute atomic E-state index is 8.25. The van der Waals surface area contributed by atoms with E-state index in [9.17, 15) is 0 Å². The molecule has 0 bridgehead atoms. The zero-order valence-corrected chi connectivity index (χ0v) is 4.57. The number of hydrogen-bond donors (Lipinski definition) is 0. The van der Waals surface area contributed by atoms with Gasteiger partial charge in [0.15, 0.2) is 0 Å². The summed E-state index contributed by atoms with van der Waals surface area (Å²) >= 11 is 2.94. The molecule has 0 saturated heterocycles. The van der Waals surface area contributed by atoms with Gasteiger partial charge < -0.3 is 15.3 Å². The molecule has 7 heavy (non-hydrogen) atoms. The third kappa shape index (κ3) is 64900. The van der Waals surface area contributed by atoms with Crippen molar-refractivity contribution in [3.8, 4) is 0 Å². The van der Waals surface area contributed by atoms with E-state index in [1.54, 1.807) is 0 Å². The molecule has 0 rings (SSSR count). The molecule has 5 nitrogen and oxygen atoms in total. The van der Waals surface area contributed by atoms with Crippen molar-refractivity contribution in [2.24, 2.45) is 0 Å². The van der Waals surface area contributed by atoms with Gasteiger partial charge in [-0.25, -0.2) is 0 Å². The Morgan fingerprint density at radius 2 is 1.29 bits per heavy atom. The van der Waals surface area contributed by atoms with Gasteiger partial charge >= 0.3 is 36.8 Å². The predicted molar refractivity (Wildman–Crippen MR) is 11.0 cm³/mol. The van der Waals surface area contributed by atoms with Crippen LogP contribution in [0.2, 0.25) is 0 Å². The van der Waals surface area contributed by atoms with Crippen molar-refractivity contribution in [3.05, 3.63) is 15.3 Å². The first-order chi connectivity index (χ1) is 2.73. The van der Waals surface area contributed by atoms with Crippen LogP contribution in [0.25, 0.3) is 0 Å². The molecular weight excluding hydrogens is 205 g/mol. The second kappa shape index (κ2) is 16.6. The van der Waals surface area contributed by atoms with Crippen LogP contribution < -0.4 is 0 Å². The zero-order valence-electron chi connectivity index (χ0n) is 2.68. The molecule has 0 aromatic carbocycles. The average Bonchev–Trinajstić information content (AvgIpc) is 1.41. The second-order valence-electron chi connectivity index (χ2n) is 0.224. The SMILES string of the molecule is O=[N+]([O-])[O-].[Cu+].[O]=[Cu]. The Morgan fingerprint density at radius 3 is 1.29 bits per heavy atom. The summed E-state index contributed by atoms with van der Waals surface area (Å²) in [6, 6.07) is 0. The molecule has 0 radical (unpaired) electrons. The maximum atomic E-state index is 8.25. The summed E-state index contributed by atoms with van der Waals surface area (Å²) in [6.07, 6.45) is 0. The molecule has 0 aliphatic heterocycles. The van der Waals surface area contributed by atoms with Gasteiger partial charge in [0.2, 0.25) is 0 Å². The quantitative estimate of drug-likeness (QED) is 0.307. The Kier molecular flexibility index (Phi) is 37.3. The topological polar surface area (TPSA) is 83.3 Å². The Hall–Kier alpha value is 0.0390. The van der Waals surface area contributed by atoms with Crippen LogP contribution in [0.5, 0.6) is 0 Å². The van der Waals surface area contributed by atoms with Crippen molar-refractivity contribution in [2.75, 3.05) is 0 Å². The average molecular weight is 205 g/mol. The van der Waals surface area contributed by atoms with E-state index in [-0.39, 0.29) is 17.1 Å². The van der Waals surface area contributed by atoms with E-state index in [2.05, 4.69) is 15.9 Å². The number of hydrogen-bond acceptors (Lipinski definition) is 4. The Balaban J connectivity index is -0.0000000480. The molecule has 7 heteroatoms. The summed E-state index contributed by atoms with van der Waals surface area (Å²) in [5.74, 6) is 0. The van der Waals surface area contributed by atoms with Crippen LogP contribution in [0.1, 0.15) is 0 Å². The Bertz CT molecular complexity index is 41.0. The van der Waals surface area contributed by atoms with Crippen molar-refractivity contribution in [1.29, 1.82) is 0 Å². The van der Waals surface area contributed by atoms with Crippen molar-refractivity contribution in [2.45, 2.75) is 0 Å². The summed E-state index contributed by atoms with van der Waals surface area (Å²) in [5.41, 5.74) is 0. The molecule has 0 unspecified atom stereocenters. The van der Waals surface area contributed by atoms with Crippen molar-refractivity contribution >= 4 is 0 Å². The van der Waals surface area contributed by atoms with Crippen LogP contribution in [0.3, 0.4) is 0 Å². The monoisotopic (exact) mass is 204 g/mol. The molecule has 0 N–H and O–H groups in total. The van der Waals surface area contributed by atoms with E-state index in [0.717, 1.165) is 0 Å². The van der Waals surface area contributed by atoms with Crippen molar-refractivity contribution in [3.63, 3.8) is 0 Å². The minimum atomic E-state index is -1.75. The van der Waals surface area contributed by atoms with Crippen LogP contribution in [0.4, 0.5) is 0 Å². The van der Waals surface area contributed by atoms with Crippen LogP contribution in [0, 0.1) is 15.3 Å². The van der Waals surface area contributed by atoms with Gasteiger partial charge in [-0.2, -0.15) is 0 Å². The molecule has 0 aromatic rings. The summed E-state index contributed by atoms with van der Waals surface area (Å²) < 4.78 is 7.81. The van der Waals surface area contributed by atoms with Crippen molar-refractivity contribution in [1.82, 2.24) is 0 Å². The van der Waals surface area contributed by atoms with E-state index in [1.807, 2.05) is 0 Å². The third-order valence-electron chi connectivity index (χ3n) is 0. The van der Waals surface area contributed by atoms with E-state index in [1.165, 1.54) is 0 Å². The van der Waals surface area contributed by atoms with E-state index in [0.29, 0.717) is 0 Å². The number of rotatable bonds is 0. The summed E-state index contributed by atoms with van der Waals surface area (Å²) in [7, 11) is 0. The molecule has 0 amide bonds. The second-order valence-corrected chi connectivity index (χ2v) is 0.224. The van der Waals surface area contributed by atoms with E-state index >= 15 is 0 Å². The molecule has 0 saturated carbocycles. The molecular formula is Cu2NO4. The fourth-order valence-electron chi connectivity index (χ4n) is 0. The first-order valence-electron chi connectivity index (χ1n) is 0.671. The molecule has 0 aliphatic carbocycles. The normalized spacial score (nSPS) is 4.29. The first-order valence-corrected chi connectivity index (χ1v) is 1.06. The van der Waals surface area contributed by atoms with Gasteiger partial charge in [0, 0.05) is 0 Å². The summed E-state index contributed by atoms with van der Waals surface area (Å²) in [5, 5.41) is 14.8. The van der Waals surface area contributed by atoms with E-state index < -0.39 is 5.09 Å². The molecule has 0 fully saturated rings. The summed E-state index contributed by atoms with van der Waals surface area (Å²) in [6.45, 7) is 0. The fourth-order valence-corrected chi connectivity index (χ4v) is 0. The third-order valence-corrected chi connectivity index (χ3v) is 0. The molecule has 0 atom stereocenters. The fraction of sp³-hybridized carbons (Fsp3) is 0. The van der Waals surface area contributed by atoms with Gasteiger partial charge in [0.05, 0.1) is 5.09 Å². The van der Waals surface area contributed by atoms with Crippen LogP contribution in [-0.4, -0.2) is 5.09 Å². The predicted octanol–water partition coefficient (Wildman–Crippen LogP) is -0.363. The molecule has 0 spiro atoms. The van der Waals surface area contributed by atoms with Crippen LogP contribution in [-0.2, 0) is 36.8 Å². The van der Waals surface area contributed by atoms with Crippen LogP contribution in [0.15, 0.2) is 0 Å². The number of nitrogens with zero attached hydrogens (tertiary/aromatic N) is 1. The molecule has 0 aliphatic rings. The molecule has 51 valence electrons. The minimum absolute atomic E-state index is 0. The van der Waals surface area contributed by atoms with Gasteiger partial charge in [0.25, 0.3) is 0 Å². The van der Waals surface area contributed by atoms with Crippen LogP contribution >= 0.6 is 0 Å². The van der Waals surface area contributed by atoms with Gasteiger partial charge in [-0.3, -0.25) is 0 Å². The van der Waals surface area contributed by atoms with Gasteiger partial charge in [-0.15, -0.1) is 0 Å². The van der Waals surface area contributed by atoms with E-state index in [4.69, 9.17) is 19.2 Å². The van der Waals surface area contributed by atoms with Gasteiger partial charge in [-0.1, -0.05) is 0 Å². The van der Waals surface area contributed by atoms with Crippen molar-refractivity contribution < 1.29 is 41.9 Å². The standard InChI is InChI=1S/2Cu.NO3.O/c;;2-1(3)4;/q;+1;-1;. The first kappa shape index (κ1) is 15.7.